The summed E-state index contributed by atoms with van der Waals surface area (Å²) in [5.74, 6) is 0. The average Bonchev–Trinajstić information content (AvgIpc) is 2.42. The lowest BCUT2D eigenvalue weighted by molar-refractivity contribution is -0.161. The molecule has 0 aromatic rings. The molecule has 1 saturated carbocycles. The quantitative estimate of drug-likeness (QED) is 0.595. The maximum absolute atomic E-state index is 12.1. The average molecular weight is 184 g/mol. The van der Waals surface area contributed by atoms with Gasteiger partial charge in [0.25, 0.3) is 0 Å². The molecular formula is C5H7F3N2S. The number of hydrogen-bond acceptors (Lipinski definition) is 1. The van der Waals surface area contributed by atoms with E-state index >= 15 is 0 Å². The molecule has 0 aromatic carbocycles. The molecule has 0 unspecified atom stereocenters. The first kappa shape index (κ1) is 8.58. The van der Waals surface area contributed by atoms with Gasteiger partial charge in [0.2, 0.25) is 0 Å². The van der Waals surface area contributed by atoms with Crippen molar-refractivity contribution >= 4 is 17.3 Å². The fraction of sp³-hybridized carbons (Fsp3) is 0.800. The minimum Gasteiger partial charge on any atom is -0.376 e. The van der Waals surface area contributed by atoms with Gasteiger partial charge in [-0.2, -0.15) is 13.2 Å². The van der Waals surface area contributed by atoms with Gasteiger partial charge in [-0.25, -0.2) is 0 Å². The van der Waals surface area contributed by atoms with Crippen molar-refractivity contribution in [1.29, 1.82) is 0 Å². The minimum atomic E-state index is -4.24. The van der Waals surface area contributed by atoms with Crippen LogP contribution in [0.4, 0.5) is 13.2 Å². The van der Waals surface area contributed by atoms with Crippen LogP contribution in [0.3, 0.4) is 0 Å². The molecule has 2 nitrogen and oxygen atoms in total. The first-order valence-corrected chi connectivity index (χ1v) is 3.43. The third kappa shape index (κ3) is 1.55. The van der Waals surface area contributed by atoms with Crippen molar-refractivity contribution in [2.45, 2.75) is 24.6 Å². The standard InChI is InChI=1S/C5H7F3N2S/c6-5(7,8)4(1-2-4)10-3(9)11/h1-2H2,(H3,9,10,11). The Bertz CT molecular complexity index is 185. The molecule has 6 heteroatoms. The lowest BCUT2D eigenvalue weighted by Gasteiger charge is -2.20. The van der Waals surface area contributed by atoms with Crippen LogP contribution in [-0.2, 0) is 0 Å². The molecule has 0 bridgehead atoms. The Labute approximate surface area is 66.9 Å². The summed E-state index contributed by atoms with van der Waals surface area (Å²) >= 11 is 4.32. The van der Waals surface area contributed by atoms with E-state index in [4.69, 9.17) is 5.73 Å². The van der Waals surface area contributed by atoms with Gasteiger partial charge < -0.3 is 11.1 Å². The number of rotatable bonds is 1. The summed E-state index contributed by atoms with van der Waals surface area (Å²) in [5, 5.41) is 1.76. The van der Waals surface area contributed by atoms with E-state index in [1.54, 1.807) is 0 Å². The molecule has 1 aliphatic carbocycles. The zero-order chi connectivity index (χ0) is 8.70. The van der Waals surface area contributed by atoms with Gasteiger partial charge in [-0.15, -0.1) is 0 Å². The van der Waals surface area contributed by atoms with E-state index < -0.39 is 11.7 Å². The summed E-state index contributed by atoms with van der Waals surface area (Å²) in [6.07, 6.45) is -4.11. The van der Waals surface area contributed by atoms with Gasteiger partial charge in [0.15, 0.2) is 5.11 Å². The fourth-order valence-corrected chi connectivity index (χ4v) is 1.04. The highest BCUT2D eigenvalue weighted by Crippen LogP contribution is 2.48. The monoisotopic (exact) mass is 184 g/mol. The molecule has 0 saturated heterocycles. The molecule has 0 heterocycles. The van der Waals surface area contributed by atoms with Crippen LogP contribution in [0.2, 0.25) is 0 Å². The van der Waals surface area contributed by atoms with Crippen molar-refractivity contribution in [3.8, 4) is 0 Å². The number of nitrogens with one attached hydrogen (secondary N) is 1. The van der Waals surface area contributed by atoms with Crippen molar-refractivity contribution in [1.82, 2.24) is 5.32 Å². The third-order valence-electron chi connectivity index (χ3n) is 1.66. The van der Waals surface area contributed by atoms with Crippen LogP contribution in [0.15, 0.2) is 0 Å². The summed E-state index contributed by atoms with van der Waals surface area (Å²) < 4.78 is 36.2. The molecule has 0 spiro atoms. The third-order valence-corrected chi connectivity index (χ3v) is 1.76. The highest BCUT2D eigenvalue weighted by Gasteiger charge is 2.63. The van der Waals surface area contributed by atoms with E-state index in [0.717, 1.165) is 0 Å². The summed E-state index contributed by atoms with van der Waals surface area (Å²) in [4.78, 5) is 0. The van der Waals surface area contributed by atoms with Crippen LogP contribution in [-0.4, -0.2) is 16.8 Å². The smallest absolute Gasteiger partial charge is 0.376 e. The van der Waals surface area contributed by atoms with Crippen LogP contribution in [0.5, 0.6) is 0 Å². The Balaban J connectivity index is 2.61. The lowest BCUT2D eigenvalue weighted by atomic mass is 10.3. The summed E-state index contributed by atoms with van der Waals surface area (Å²) in [6, 6.07) is 0. The minimum absolute atomic E-state index is 0.0633. The molecule has 11 heavy (non-hydrogen) atoms. The van der Waals surface area contributed by atoms with Crippen molar-refractivity contribution in [3.63, 3.8) is 0 Å². The second-order valence-corrected chi connectivity index (χ2v) is 3.01. The predicted molar refractivity (Wildman–Crippen MR) is 37.9 cm³/mol. The normalized spacial score (nSPS) is 21.0. The maximum Gasteiger partial charge on any atom is 0.411 e. The SMILES string of the molecule is NC(=S)NC1(C(F)(F)F)CC1. The molecule has 3 N–H and O–H groups in total. The second kappa shape index (κ2) is 2.23. The number of thiocarbonyl (C=S) groups is 1. The summed E-state index contributed by atoms with van der Waals surface area (Å²) in [7, 11) is 0. The van der Waals surface area contributed by atoms with Gasteiger partial charge in [-0.1, -0.05) is 0 Å². The molecule has 64 valence electrons. The van der Waals surface area contributed by atoms with Gasteiger partial charge >= 0.3 is 6.18 Å². The van der Waals surface area contributed by atoms with Crippen LogP contribution in [0, 0.1) is 0 Å². The number of hydrogen-bond donors (Lipinski definition) is 2. The molecule has 0 amide bonds. The molecule has 0 atom stereocenters. The first-order valence-electron chi connectivity index (χ1n) is 3.02. The highest BCUT2D eigenvalue weighted by atomic mass is 32.1. The fourth-order valence-electron chi connectivity index (χ4n) is 0.840. The van der Waals surface area contributed by atoms with Crippen LogP contribution in [0.1, 0.15) is 12.8 Å². The topological polar surface area (TPSA) is 38.0 Å². The van der Waals surface area contributed by atoms with Gasteiger partial charge in [0, 0.05) is 0 Å². The number of halogens is 3. The van der Waals surface area contributed by atoms with Crippen molar-refractivity contribution in [2.75, 3.05) is 0 Å². The largest absolute Gasteiger partial charge is 0.411 e. The Morgan fingerprint density at radius 1 is 1.45 bits per heavy atom. The van der Waals surface area contributed by atoms with E-state index in [1.165, 1.54) is 0 Å². The number of nitrogens with two attached hydrogens (primary N) is 1. The number of alkyl halides is 3. The predicted octanol–water partition coefficient (Wildman–Crippen LogP) is 0.915. The zero-order valence-electron chi connectivity index (χ0n) is 5.53. The Morgan fingerprint density at radius 3 is 2.00 bits per heavy atom. The van der Waals surface area contributed by atoms with Gasteiger partial charge in [0.1, 0.15) is 5.54 Å². The van der Waals surface area contributed by atoms with Crippen molar-refractivity contribution < 1.29 is 13.2 Å². The van der Waals surface area contributed by atoms with Gasteiger partial charge in [-0.05, 0) is 25.1 Å². The first-order chi connectivity index (χ1) is 4.87. The van der Waals surface area contributed by atoms with Gasteiger partial charge in [0.05, 0.1) is 0 Å². The van der Waals surface area contributed by atoms with Gasteiger partial charge in [-0.3, -0.25) is 0 Å². The van der Waals surface area contributed by atoms with Crippen LogP contribution in [0.25, 0.3) is 0 Å². The molecule has 0 aliphatic heterocycles. The van der Waals surface area contributed by atoms with E-state index in [9.17, 15) is 13.2 Å². The highest BCUT2D eigenvalue weighted by molar-refractivity contribution is 7.80. The van der Waals surface area contributed by atoms with E-state index in [-0.39, 0.29) is 18.0 Å². The van der Waals surface area contributed by atoms with E-state index in [2.05, 4.69) is 17.5 Å². The Morgan fingerprint density at radius 2 is 1.91 bits per heavy atom. The molecule has 1 fully saturated rings. The summed E-state index contributed by atoms with van der Waals surface area (Å²) in [5.41, 5.74) is 3.13. The second-order valence-electron chi connectivity index (χ2n) is 2.57. The van der Waals surface area contributed by atoms with Crippen LogP contribution >= 0.6 is 12.2 Å². The maximum atomic E-state index is 12.1. The van der Waals surface area contributed by atoms with E-state index in [1.807, 2.05) is 0 Å². The molecule has 0 aromatic heterocycles. The Hall–Kier alpha value is -0.520. The molecule has 1 rings (SSSR count). The molecular weight excluding hydrogens is 177 g/mol. The molecule has 1 aliphatic rings. The van der Waals surface area contributed by atoms with E-state index in [0.29, 0.717) is 0 Å². The van der Waals surface area contributed by atoms with Crippen molar-refractivity contribution in [3.05, 3.63) is 0 Å². The Kier molecular flexibility index (Phi) is 1.74. The van der Waals surface area contributed by atoms with Crippen LogP contribution < -0.4 is 11.1 Å². The summed E-state index contributed by atoms with van der Waals surface area (Å²) in [6.45, 7) is 0. The molecule has 0 radical (unpaired) electrons. The van der Waals surface area contributed by atoms with Crippen molar-refractivity contribution in [2.24, 2.45) is 5.73 Å². The zero-order valence-corrected chi connectivity index (χ0v) is 6.35. The lowest BCUT2D eigenvalue weighted by Crippen LogP contribution is -2.49.